The van der Waals surface area contributed by atoms with Crippen LogP contribution in [0.15, 0.2) is 59.5 Å². The van der Waals surface area contributed by atoms with Crippen molar-refractivity contribution in [2.45, 2.75) is 4.90 Å². The molecular weight excluding hydrogens is 330 g/mol. The summed E-state index contributed by atoms with van der Waals surface area (Å²) in [7, 11) is 0. The van der Waals surface area contributed by atoms with Crippen LogP contribution in [0.5, 0.6) is 0 Å². The third kappa shape index (κ3) is 3.75. The number of rotatable bonds is 4. The fraction of sp³-hybridized carbons (Fsp3) is 0.0588. The van der Waals surface area contributed by atoms with Crippen molar-refractivity contribution in [3.8, 4) is 11.3 Å². The average Bonchev–Trinajstić information content (AvgIpc) is 3.06. The highest BCUT2D eigenvalue weighted by Crippen LogP contribution is 2.22. The zero-order valence-electron chi connectivity index (χ0n) is 12.3. The predicted octanol–water partition coefficient (Wildman–Crippen LogP) is 4.70. The van der Waals surface area contributed by atoms with Crippen LogP contribution in [0, 0.1) is 0 Å². The molecule has 0 aliphatic carbocycles. The van der Waals surface area contributed by atoms with E-state index < -0.39 is 0 Å². The van der Waals surface area contributed by atoms with E-state index in [0.29, 0.717) is 16.4 Å². The van der Waals surface area contributed by atoms with E-state index in [0.717, 1.165) is 16.1 Å². The Hall–Kier alpha value is -2.24. The molecule has 0 atom stereocenters. The van der Waals surface area contributed by atoms with Crippen molar-refractivity contribution in [2.75, 3.05) is 11.6 Å². The minimum Gasteiger partial charge on any atom is -0.321 e. The number of amides is 1. The number of aromatic nitrogens is 2. The van der Waals surface area contributed by atoms with Gasteiger partial charge in [0.1, 0.15) is 5.69 Å². The summed E-state index contributed by atoms with van der Waals surface area (Å²) >= 11 is 7.63. The van der Waals surface area contributed by atoms with E-state index >= 15 is 0 Å². The number of halogens is 1. The summed E-state index contributed by atoms with van der Waals surface area (Å²) in [5.74, 6) is -0.234. The number of aromatic amines is 1. The number of hydrogen-bond acceptors (Lipinski definition) is 3. The molecule has 4 nitrogen and oxygen atoms in total. The van der Waals surface area contributed by atoms with E-state index in [1.807, 2.05) is 42.7 Å². The Kier molecular flexibility index (Phi) is 4.69. The van der Waals surface area contributed by atoms with Gasteiger partial charge < -0.3 is 5.32 Å². The molecule has 116 valence electrons. The van der Waals surface area contributed by atoms with Crippen molar-refractivity contribution in [1.82, 2.24) is 10.2 Å². The fourth-order valence-corrected chi connectivity index (χ4v) is 2.71. The highest BCUT2D eigenvalue weighted by Gasteiger charge is 2.11. The number of H-pyrrole nitrogens is 1. The number of nitrogens with one attached hydrogen (secondary N) is 2. The number of carbonyl (C=O) groups is 1. The van der Waals surface area contributed by atoms with Crippen molar-refractivity contribution in [2.24, 2.45) is 0 Å². The van der Waals surface area contributed by atoms with E-state index in [2.05, 4.69) is 15.5 Å². The molecule has 0 bridgehead atoms. The van der Waals surface area contributed by atoms with Gasteiger partial charge >= 0.3 is 0 Å². The highest BCUT2D eigenvalue weighted by molar-refractivity contribution is 7.98. The highest BCUT2D eigenvalue weighted by atomic mass is 35.5. The van der Waals surface area contributed by atoms with E-state index in [4.69, 9.17) is 11.6 Å². The molecule has 1 amide bonds. The fourth-order valence-electron chi connectivity index (χ4n) is 2.11. The third-order valence-corrected chi connectivity index (χ3v) is 4.27. The molecule has 0 unspecified atom stereocenters. The quantitative estimate of drug-likeness (QED) is 0.675. The number of benzene rings is 2. The monoisotopic (exact) mass is 343 g/mol. The second kappa shape index (κ2) is 6.89. The Labute approximate surface area is 143 Å². The van der Waals surface area contributed by atoms with Gasteiger partial charge in [0, 0.05) is 21.2 Å². The molecule has 0 saturated carbocycles. The van der Waals surface area contributed by atoms with Gasteiger partial charge in [-0.1, -0.05) is 23.7 Å². The van der Waals surface area contributed by atoms with Crippen LogP contribution in [-0.2, 0) is 0 Å². The van der Waals surface area contributed by atoms with Crippen LogP contribution in [0.4, 0.5) is 5.69 Å². The molecule has 0 saturated heterocycles. The Morgan fingerprint density at radius 3 is 2.65 bits per heavy atom. The molecule has 2 N–H and O–H groups in total. The number of nitrogens with zero attached hydrogens (tertiary/aromatic N) is 1. The number of anilines is 1. The van der Waals surface area contributed by atoms with Crippen molar-refractivity contribution in [3.63, 3.8) is 0 Å². The topological polar surface area (TPSA) is 57.8 Å². The maximum atomic E-state index is 12.3. The summed E-state index contributed by atoms with van der Waals surface area (Å²) in [6, 6.07) is 16.7. The second-order valence-electron chi connectivity index (χ2n) is 4.86. The zero-order chi connectivity index (χ0) is 16.2. The smallest absolute Gasteiger partial charge is 0.273 e. The Morgan fingerprint density at radius 2 is 1.96 bits per heavy atom. The molecule has 3 aromatic rings. The first-order chi connectivity index (χ1) is 11.2. The summed E-state index contributed by atoms with van der Waals surface area (Å²) in [6.45, 7) is 0. The van der Waals surface area contributed by atoms with Crippen LogP contribution in [0.25, 0.3) is 11.3 Å². The molecule has 3 rings (SSSR count). The number of hydrogen-bond donors (Lipinski definition) is 2. The maximum absolute atomic E-state index is 12.3. The van der Waals surface area contributed by atoms with Crippen LogP contribution in [0.3, 0.4) is 0 Å². The molecule has 23 heavy (non-hydrogen) atoms. The van der Waals surface area contributed by atoms with Crippen LogP contribution >= 0.6 is 23.4 Å². The Morgan fingerprint density at radius 1 is 1.17 bits per heavy atom. The Balaban J connectivity index is 1.75. The number of thioether (sulfide) groups is 1. The van der Waals surface area contributed by atoms with Crippen LogP contribution in [0.1, 0.15) is 10.5 Å². The van der Waals surface area contributed by atoms with Crippen molar-refractivity contribution < 1.29 is 4.79 Å². The predicted molar refractivity (Wildman–Crippen MR) is 95.2 cm³/mol. The molecule has 2 aromatic carbocycles. The normalized spacial score (nSPS) is 10.5. The van der Waals surface area contributed by atoms with Crippen LogP contribution in [0.2, 0.25) is 5.02 Å². The largest absolute Gasteiger partial charge is 0.321 e. The first kappa shape index (κ1) is 15.6. The minimum atomic E-state index is -0.234. The molecular formula is C17H14ClN3OS. The summed E-state index contributed by atoms with van der Waals surface area (Å²) in [4.78, 5) is 13.4. The van der Waals surface area contributed by atoms with Gasteiger partial charge in [-0.2, -0.15) is 5.10 Å². The SMILES string of the molecule is CSc1ccc(NC(=O)c2cc(-c3cccc(Cl)c3)n[nH]2)cc1. The lowest BCUT2D eigenvalue weighted by atomic mass is 10.1. The molecule has 0 fully saturated rings. The van der Waals surface area contributed by atoms with Crippen molar-refractivity contribution >= 4 is 35.0 Å². The summed E-state index contributed by atoms with van der Waals surface area (Å²) in [6.07, 6.45) is 2.01. The zero-order valence-corrected chi connectivity index (χ0v) is 13.9. The lowest BCUT2D eigenvalue weighted by Gasteiger charge is -2.04. The summed E-state index contributed by atoms with van der Waals surface area (Å²) in [5.41, 5.74) is 2.67. The van der Waals surface area contributed by atoms with Crippen LogP contribution < -0.4 is 5.32 Å². The van der Waals surface area contributed by atoms with Crippen molar-refractivity contribution in [3.05, 3.63) is 65.3 Å². The van der Waals surface area contributed by atoms with Crippen molar-refractivity contribution in [1.29, 1.82) is 0 Å². The van der Waals surface area contributed by atoms with Gasteiger partial charge in [0.2, 0.25) is 0 Å². The standard InChI is InChI=1S/C17H14ClN3OS/c1-23-14-7-5-13(6-8-14)19-17(22)16-10-15(20-21-16)11-3-2-4-12(18)9-11/h2-10H,1H3,(H,19,22)(H,20,21). The summed E-state index contributed by atoms with van der Waals surface area (Å²) in [5, 5.41) is 10.4. The molecule has 0 aliphatic rings. The van der Waals surface area contributed by atoms with Gasteiger partial charge in [0.25, 0.3) is 5.91 Å². The van der Waals surface area contributed by atoms with Gasteiger partial charge in [0.05, 0.1) is 5.69 Å². The molecule has 1 aromatic heterocycles. The van der Waals surface area contributed by atoms with Gasteiger partial charge in [-0.05, 0) is 48.7 Å². The maximum Gasteiger partial charge on any atom is 0.273 e. The van der Waals surface area contributed by atoms with Gasteiger partial charge in [-0.25, -0.2) is 0 Å². The second-order valence-corrected chi connectivity index (χ2v) is 6.18. The molecule has 0 radical (unpaired) electrons. The van der Waals surface area contributed by atoms with Crippen LogP contribution in [-0.4, -0.2) is 22.4 Å². The lowest BCUT2D eigenvalue weighted by Crippen LogP contribution is -2.12. The van der Waals surface area contributed by atoms with Gasteiger partial charge in [-0.3, -0.25) is 9.89 Å². The van der Waals surface area contributed by atoms with E-state index in [1.165, 1.54) is 0 Å². The molecule has 0 spiro atoms. The Bertz CT molecular complexity index is 830. The molecule has 6 heteroatoms. The first-order valence-electron chi connectivity index (χ1n) is 6.92. The van der Waals surface area contributed by atoms with E-state index in [1.54, 1.807) is 30.0 Å². The third-order valence-electron chi connectivity index (χ3n) is 3.29. The first-order valence-corrected chi connectivity index (χ1v) is 8.53. The lowest BCUT2D eigenvalue weighted by molar-refractivity contribution is 0.102. The molecule has 0 aliphatic heterocycles. The average molecular weight is 344 g/mol. The van der Waals surface area contributed by atoms with Gasteiger partial charge in [-0.15, -0.1) is 11.8 Å². The minimum absolute atomic E-state index is 0.234. The van der Waals surface area contributed by atoms with Gasteiger partial charge in [0.15, 0.2) is 0 Å². The number of carbonyl (C=O) groups excluding carboxylic acids is 1. The summed E-state index contributed by atoms with van der Waals surface area (Å²) < 4.78 is 0. The molecule has 1 heterocycles. The van der Waals surface area contributed by atoms with E-state index in [9.17, 15) is 4.79 Å². The van der Waals surface area contributed by atoms with E-state index in [-0.39, 0.29) is 5.91 Å².